The molecule has 0 radical (unpaired) electrons. The van der Waals surface area contributed by atoms with Crippen molar-refractivity contribution in [3.05, 3.63) is 24.3 Å². The average Bonchev–Trinajstić information content (AvgIpc) is 2.23. The summed E-state index contributed by atoms with van der Waals surface area (Å²) in [7, 11) is 0. The lowest BCUT2D eigenvalue weighted by atomic mass is 10.4. The van der Waals surface area contributed by atoms with Crippen molar-refractivity contribution in [2.24, 2.45) is 0 Å². The number of rotatable bonds is 4. The Kier molecular flexibility index (Phi) is 5.45. The molecule has 9 heteroatoms. The monoisotopic (exact) mass is 322 g/mol. The molecule has 1 atom stereocenters. The molecule has 0 fully saturated rings. The molecule has 0 N–H and O–H groups in total. The molecule has 0 spiro atoms. The summed E-state index contributed by atoms with van der Waals surface area (Å²) in [5.41, 5.74) is 0. The van der Waals surface area contributed by atoms with Gasteiger partial charge in [0, 0.05) is 11.0 Å². The van der Waals surface area contributed by atoms with Crippen molar-refractivity contribution in [2.75, 3.05) is 11.5 Å². The maximum absolute atomic E-state index is 12.0. The smallest absolute Gasteiger partial charge is 0.433 e. The maximum atomic E-state index is 12.0. The van der Waals surface area contributed by atoms with Crippen LogP contribution in [0.15, 0.2) is 34.1 Å². The summed E-state index contributed by atoms with van der Waals surface area (Å²) in [6.45, 7) is 0. The number of thioether (sulfide) groups is 1. The van der Waals surface area contributed by atoms with Gasteiger partial charge in [0.2, 0.25) is 5.75 Å². The van der Waals surface area contributed by atoms with E-state index in [-0.39, 0.29) is 9.79 Å². The van der Waals surface area contributed by atoms with Gasteiger partial charge < -0.3 is 4.55 Å². The fraction of sp³-hybridized carbons (Fsp3) is 0.400. The van der Waals surface area contributed by atoms with Crippen LogP contribution in [0.2, 0.25) is 0 Å². The third kappa shape index (κ3) is 6.98. The first-order valence-electron chi connectivity index (χ1n) is 4.81. The van der Waals surface area contributed by atoms with E-state index in [0.717, 1.165) is 6.07 Å². The fourth-order valence-corrected chi connectivity index (χ4v) is 2.85. The Morgan fingerprint density at radius 1 is 1.05 bits per heavy atom. The lowest BCUT2D eigenvalue weighted by molar-refractivity contribution is -0.107. The van der Waals surface area contributed by atoms with Gasteiger partial charge in [-0.1, -0.05) is 6.07 Å². The lowest BCUT2D eigenvalue weighted by Crippen LogP contribution is -2.22. The second-order valence-corrected chi connectivity index (χ2v) is 5.98. The molecule has 0 bridgehead atoms. The SMILES string of the molecule is [O-][S+](CC(F)(F)F)c1cccc(SCC(F)(F)F)c1. The minimum Gasteiger partial charge on any atom is -0.611 e. The van der Waals surface area contributed by atoms with E-state index in [4.69, 9.17) is 0 Å². The Labute approximate surface area is 112 Å². The van der Waals surface area contributed by atoms with Crippen molar-refractivity contribution in [2.45, 2.75) is 22.1 Å². The van der Waals surface area contributed by atoms with E-state index >= 15 is 0 Å². The zero-order chi connectivity index (χ0) is 14.7. The molecule has 0 aliphatic carbocycles. The summed E-state index contributed by atoms with van der Waals surface area (Å²) in [4.78, 5) is -0.00477. The molecular weight excluding hydrogens is 314 g/mol. The van der Waals surface area contributed by atoms with Gasteiger partial charge in [0.05, 0.1) is 5.75 Å². The van der Waals surface area contributed by atoms with Crippen LogP contribution in [0.25, 0.3) is 0 Å². The van der Waals surface area contributed by atoms with E-state index in [2.05, 4.69) is 0 Å². The van der Waals surface area contributed by atoms with Crippen molar-refractivity contribution in [3.63, 3.8) is 0 Å². The Morgan fingerprint density at radius 2 is 1.68 bits per heavy atom. The zero-order valence-electron chi connectivity index (χ0n) is 9.22. The molecule has 1 aromatic carbocycles. The second-order valence-electron chi connectivity index (χ2n) is 3.48. The molecule has 0 aliphatic rings. The van der Waals surface area contributed by atoms with Gasteiger partial charge in [-0.2, -0.15) is 26.3 Å². The first-order valence-corrected chi connectivity index (χ1v) is 7.12. The van der Waals surface area contributed by atoms with Gasteiger partial charge in [-0.05, 0) is 23.3 Å². The molecule has 0 heterocycles. The van der Waals surface area contributed by atoms with Gasteiger partial charge in [0.1, 0.15) is 0 Å². The minimum absolute atomic E-state index is 0.130. The zero-order valence-corrected chi connectivity index (χ0v) is 10.8. The Morgan fingerprint density at radius 3 is 2.21 bits per heavy atom. The molecule has 1 nitrogen and oxygen atoms in total. The molecule has 19 heavy (non-hydrogen) atoms. The van der Waals surface area contributed by atoms with Crippen LogP contribution in [0.3, 0.4) is 0 Å². The van der Waals surface area contributed by atoms with E-state index < -0.39 is 35.0 Å². The topological polar surface area (TPSA) is 23.1 Å². The maximum Gasteiger partial charge on any atom is 0.433 e. The van der Waals surface area contributed by atoms with Crippen molar-refractivity contribution in [1.82, 2.24) is 0 Å². The number of hydrogen-bond donors (Lipinski definition) is 0. The largest absolute Gasteiger partial charge is 0.611 e. The van der Waals surface area contributed by atoms with E-state index in [9.17, 15) is 30.9 Å². The lowest BCUT2D eigenvalue weighted by Gasteiger charge is -2.13. The van der Waals surface area contributed by atoms with Gasteiger partial charge in [-0.15, -0.1) is 11.8 Å². The third-order valence-corrected chi connectivity index (χ3v) is 4.19. The van der Waals surface area contributed by atoms with Crippen LogP contribution in [-0.4, -0.2) is 28.4 Å². The molecule has 0 aromatic heterocycles. The summed E-state index contributed by atoms with van der Waals surface area (Å²) in [5.74, 6) is -2.66. The van der Waals surface area contributed by atoms with Gasteiger partial charge in [-0.3, -0.25) is 0 Å². The predicted molar refractivity (Wildman–Crippen MR) is 60.6 cm³/mol. The number of hydrogen-bond acceptors (Lipinski definition) is 2. The standard InChI is InChI=1S/C10H8F6OS2/c11-9(12,13)5-18-7-2-1-3-8(4-7)19(17)6-10(14,15)16/h1-4H,5-6H2. The van der Waals surface area contributed by atoms with Crippen LogP contribution in [0.5, 0.6) is 0 Å². The first kappa shape index (κ1) is 16.5. The predicted octanol–water partition coefficient (Wildman–Crippen LogP) is 4.01. The van der Waals surface area contributed by atoms with Crippen molar-refractivity contribution >= 4 is 22.9 Å². The van der Waals surface area contributed by atoms with E-state index in [1.807, 2.05) is 0 Å². The van der Waals surface area contributed by atoms with Crippen LogP contribution in [0, 0.1) is 0 Å². The quantitative estimate of drug-likeness (QED) is 0.475. The molecule has 0 amide bonds. The highest BCUT2D eigenvalue weighted by molar-refractivity contribution is 7.99. The van der Waals surface area contributed by atoms with Crippen LogP contribution in [0.1, 0.15) is 0 Å². The van der Waals surface area contributed by atoms with E-state index in [1.54, 1.807) is 0 Å². The highest BCUT2D eigenvalue weighted by Gasteiger charge is 2.35. The van der Waals surface area contributed by atoms with Crippen molar-refractivity contribution in [3.8, 4) is 0 Å². The summed E-state index contributed by atoms with van der Waals surface area (Å²) in [6.07, 6.45) is -8.95. The van der Waals surface area contributed by atoms with E-state index in [0.29, 0.717) is 11.8 Å². The highest BCUT2D eigenvalue weighted by atomic mass is 32.2. The third-order valence-electron chi connectivity index (χ3n) is 1.77. The molecule has 108 valence electrons. The summed E-state index contributed by atoms with van der Waals surface area (Å²) in [5, 5.41) is 0. The first-order chi connectivity index (χ1) is 8.57. The minimum atomic E-state index is -4.58. The van der Waals surface area contributed by atoms with Crippen LogP contribution < -0.4 is 0 Å². The molecule has 0 saturated carbocycles. The van der Waals surface area contributed by atoms with Gasteiger partial charge in [-0.25, -0.2) is 0 Å². The van der Waals surface area contributed by atoms with Crippen LogP contribution in [0.4, 0.5) is 26.3 Å². The van der Waals surface area contributed by atoms with Crippen LogP contribution >= 0.6 is 11.8 Å². The number of halogens is 6. The Hall–Kier alpha value is -0.540. The number of alkyl halides is 6. The Bertz CT molecular complexity index is 417. The summed E-state index contributed by atoms with van der Waals surface area (Å²) >= 11 is -1.87. The van der Waals surface area contributed by atoms with E-state index in [1.165, 1.54) is 18.2 Å². The second kappa shape index (κ2) is 6.27. The Balaban J connectivity index is 2.71. The van der Waals surface area contributed by atoms with Crippen LogP contribution in [-0.2, 0) is 11.2 Å². The van der Waals surface area contributed by atoms with Crippen molar-refractivity contribution in [1.29, 1.82) is 0 Å². The summed E-state index contributed by atoms with van der Waals surface area (Å²) < 4.78 is 83.5. The molecule has 0 aliphatic heterocycles. The molecule has 1 aromatic rings. The number of benzene rings is 1. The van der Waals surface area contributed by atoms with Gasteiger partial charge in [0.15, 0.2) is 4.90 Å². The highest BCUT2D eigenvalue weighted by Crippen LogP contribution is 2.29. The molecular formula is C10H8F6OS2. The van der Waals surface area contributed by atoms with Gasteiger partial charge in [0.25, 0.3) is 0 Å². The molecule has 1 rings (SSSR count). The average molecular weight is 322 g/mol. The van der Waals surface area contributed by atoms with Crippen molar-refractivity contribution < 1.29 is 30.9 Å². The normalized spacial score (nSPS) is 14.5. The fourth-order valence-electron chi connectivity index (χ4n) is 1.10. The molecule has 1 unspecified atom stereocenters. The molecule has 0 saturated heterocycles. The van der Waals surface area contributed by atoms with Gasteiger partial charge >= 0.3 is 12.4 Å². The summed E-state index contributed by atoms with van der Waals surface area (Å²) in [6, 6.07) is 4.88.